The molecule has 1 atom stereocenters. The molecule has 0 aromatic heterocycles. The van der Waals surface area contributed by atoms with Gasteiger partial charge < -0.3 is 9.84 Å². The summed E-state index contributed by atoms with van der Waals surface area (Å²) in [6, 6.07) is 6.89. The van der Waals surface area contributed by atoms with Crippen molar-refractivity contribution in [2.24, 2.45) is 0 Å². The zero-order chi connectivity index (χ0) is 13.0. The molecule has 2 N–H and O–H groups in total. The average Bonchev–Trinajstić information content (AvgIpc) is 2.88. The fourth-order valence-corrected chi connectivity index (χ4v) is 2.53. The summed E-state index contributed by atoms with van der Waals surface area (Å²) in [5.41, 5.74) is 0.694. The van der Waals surface area contributed by atoms with Gasteiger partial charge in [0.1, 0.15) is 11.8 Å². The van der Waals surface area contributed by atoms with E-state index in [1.165, 1.54) is 12.8 Å². The fraction of sp³-hybridized carbons (Fsp3) is 0.500. The van der Waals surface area contributed by atoms with Crippen LogP contribution < -0.4 is 10.1 Å². The lowest BCUT2D eigenvalue weighted by molar-refractivity contribution is -0.140. The normalized spacial score (nSPS) is 17.6. The molecule has 1 aromatic carbocycles. The second-order valence-electron chi connectivity index (χ2n) is 4.66. The van der Waals surface area contributed by atoms with Gasteiger partial charge in [-0.15, -0.1) is 0 Å². The van der Waals surface area contributed by atoms with Gasteiger partial charge in [0, 0.05) is 11.6 Å². The van der Waals surface area contributed by atoms with Gasteiger partial charge in [-0.1, -0.05) is 31.0 Å². The number of carboxylic acid groups (broad SMARTS) is 1. The second kappa shape index (κ2) is 5.87. The first-order valence-electron chi connectivity index (χ1n) is 6.34. The number of hydrogen-bond donors (Lipinski definition) is 2. The van der Waals surface area contributed by atoms with Crippen LogP contribution in [0.2, 0.25) is 0 Å². The summed E-state index contributed by atoms with van der Waals surface area (Å²) in [7, 11) is 1.56. The maximum atomic E-state index is 11.4. The molecule has 1 fully saturated rings. The minimum absolute atomic E-state index is 0.302. The monoisotopic (exact) mass is 249 g/mol. The molecule has 2 rings (SSSR count). The third-order valence-corrected chi connectivity index (χ3v) is 3.45. The molecule has 1 aliphatic carbocycles. The van der Waals surface area contributed by atoms with E-state index < -0.39 is 12.0 Å². The van der Waals surface area contributed by atoms with Crippen molar-refractivity contribution in [3.8, 4) is 5.75 Å². The van der Waals surface area contributed by atoms with Crippen molar-refractivity contribution >= 4 is 5.97 Å². The quantitative estimate of drug-likeness (QED) is 0.841. The van der Waals surface area contributed by atoms with Crippen molar-refractivity contribution in [3.05, 3.63) is 29.8 Å². The molecule has 4 heteroatoms. The minimum atomic E-state index is -0.855. The van der Waals surface area contributed by atoms with Crippen molar-refractivity contribution in [3.63, 3.8) is 0 Å². The molecule has 0 aliphatic heterocycles. The standard InChI is InChI=1S/C14H19NO3/c1-18-12-9-5-4-8-11(12)13(14(16)17)15-10-6-2-3-7-10/h4-5,8-10,13,15H,2-3,6-7H2,1H3,(H,16,17). The lowest BCUT2D eigenvalue weighted by atomic mass is 10.0. The molecule has 98 valence electrons. The number of para-hydroxylation sites is 1. The Hall–Kier alpha value is -1.55. The van der Waals surface area contributed by atoms with Crippen LogP contribution in [-0.2, 0) is 4.79 Å². The number of benzene rings is 1. The fourth-order valence-electron chi connectivity index (χ4n) is 2.53. The van der Waals surface area contributed by atoms with Crippen LogP contribution in [0.5, 0.6) is 5.75 Å². The Morgan fingerprint density at radius 3 is 2.67 bits per heavy atom. The molecule has 0 saturated heterocycles. The van der Waals surface area contributed by atoms with E-state index in [1.807, 2.05) is 12.1 Å². The third-order valence-electron chi connectivity index (χ3n) is 3.45. The van der Waals surface area contributed by atoms with Crippen LogP contribution in [-0.4, -0.2) is 24.2 Å². The number of carboxylic acids is 1. The van der Waals surface area contributed by atoms with Crippen LogP contribution in [0, 0.1) is 0 Å². The average molecular weight is 249 g/mol. The smallest absolute Gasteiger partial charge is 0.325 e. The van der Waals surface area contributed by atoms with Crippen molar-refractivity contribution in [1.29, 1.82) is 0 Å². The maximum absolute atomic E-state index is 11.4. The molecule has 1 saturated carbocycles. The molecule has 0 spiro atoms. The van der Waals surface area contributed by atoms with Crippen LogP contribution in [0.3, 0.4) is 0 Å². The zero-order valence-electron chi connectivity index (χ0n) is 10.6. The molecule has 18 heavy (non-hydrogen) atoms. The van der Waals surface area contributed by atoms with Gasteiger partial charge in [0.25, 0.3) is 0 Å². The Morgan fingerprint density at radius 2 is 2.06 bits per heavy atom. The van der Waals surface area contributed by atoms with E-state index in [1.54, 1.807) is 19.2 Å². The summed E-state index contributed by atoms with van der Waals surface area (Å²) in [5.74, 6) is -0.234. The van der Waals surface area contributed by atoms with E-state index in [2.05, 4.69) is 5.32 Å². The predicted molar refractivity (Wildman–Crippen MR) is 68.8 cm³/mol. The molecule has 0 radical (unpaired) electrons. The molecule has 1 aliphatic rings. The van der Waals surface area contributed by atoms with Crippen molar-refractivity contribution in [2.45, 2.75) is 37.8 Å². The van der Waals surface area contributed by atoms with Crippen LogP contribution in [0.1, 0.15) is 37.3 Å². The highest BCUT2D eigenvalue weighted by atomic mass is 16.5. The van der Waals surface area contributed by atoms with Gasteiger partial charge >= 0.3 is 5.97 Å². The van der Waals surface area contributed by atoms with Gasteiger partial charge in [0.2, 0.25) is 0 Å². The Labute approximate surface area is 107 Å². The SMILES string of the molecule is COc1ccccc1C(NC1CCCC1)C(=O)O. The van der Waals surface area contributed by atoms with Gasteiger partial charge in [0.05, 0.1) is 7.11 Å². The van der Waals surface area contributed by atoms with Crippen molar-refractivity contribution in [2.75, 3.05) is 7.11 Å². The van der Waals surface area contributed by atoms with Crippen LogP contribution >= 0.6 is 0 Å². The number of hydrogen-bond acceptors (Lipinski definition) is 3. The van der Waals surface area contributed by atoms with Gasteiger partial charge in [-0.25, -0.2) is 0 Å². The highest BCUT2D eigenvalue weighted by Crippen LogP contribution is 2.28. The highest BCUT2D eigenvalue weighted by Gasteiger charge is 2.27. The van der Waals surface area contributed by atoms with E-state index in [-0.39, 0.29) is 0 Å². The number of ether oxygens (including phenoxy) is 1. The largest absolute Gasteiger partial charge is 0.496 e. The molecule has 1 aromatic rings. The first-order valence-corrected chi connectivity index (χ1v) is 6.34. The van der Waals surface area contributed by atoms with Crippen molar-refractivity contribution < 1.29 is 14.6 Å². The Balaban J connectivity index is 2.20. The van der Waals surface area contributed by atoms with Crippen LogP contribution in [0.25, 0.3) is 0 Å². The zero-order valence-corrected chi connectivity index (χ0v) is 10.6. The summed E-state index contributed by atoms with van der Waals surface area (Å²) in [5, 5.41) is 12.6. The lowest BCUT2D eigenvalue weighted by Crippen LogP contribution is -2.35. The maximum Gasteiger partial charge on any atom is 0.325 e. The Kier molecular flexibility index (Phi) is 4.20. The predicted octanol–water partition coefficient (Wildman–Crippen LogP) is 2.35. The molecule has 1 unspecified atom stereocenters. The molecular weight excluding hydrogens is 230 g/mol. The van der Waals surface area contributed by atoms with Gasteiger partial charge in [0.15, 0.2) is 0 Å². The van der Waals surface area contributed by atoms with Crippen LogP contribution in [0.4, 0.5) is 0 Å². The summed E-state index contributed by atoms with van der Waals surface area (Å²) in [6.45, 7) is 0. The van der Waals surface area contributed by atoms with Crippen molar-refractivity contribution in [1.82, 2.24) is 5.32 Å². The topological polar surface area (TPSA) is 58.6 Å². The molecule has 0 heterocycles. The molecule has 0 amide bonds. The Bertz CT molecular complexity index is 413. The number of carbonyl (C=O) groups is 1. The van der Waals surface area contributed by atoms with E-state index in [0.717, 1.165) is 12.8 Å². The lowest BCUT2D eigenvalue weighted by Gasteiger charge is -2.21. The number of nitrogens with one attached hydrogen (secondary N) is 1. The van der Waals surface area contributed by atoms with E-state index in [4.69, 9.17) is 4.74 Å². The highest BCUT2D eigenvalue weighted by molar-refractivity contribution is 5.76. The third kappa shape index (κ3) is 2.82. The van der Waals surface area contributed by atoms with Crippen LogP contribution in [0.15, 0.2) is 24.3 Å². The molecular formula is C14H19NO3. The summed E-state index contributed by atoms with van der Waals surface area (Å²) >= 11 is 0. The first-order chi connectivity index (χ1) is 8.72. The summed E-state index contributed by atoms with van der Waals surface area (Å²) in [6.07, 6.45) is 4.46. The summed E-state index contributed by atoms with van der Waals surface area (Å²) < 4.78 is 5.24. The van der Waals surface area contributed by atoms with Gasteiger partial charge in [-0.3, -0.25) is 10.1 Å². The molecule has 4 nitrogen and oxygen atoms in total. The molecule has 0 bridgehead atoms. The van der Waals surface area contributed by atoms with E-state index in [0.29, 0.717) is 17.4 Å². The minimum Gasteiger partial charge on any atom is -0.496 e. The number of methoxy groups -OCH3 is 1. The first kappa shape index (κ1) is 12.9. The van der Waals surface area contributed by atoms with E-state index >= 15 is 0 Å². The van der Waals surface area contributed by atoms with Gasteiger partial charge in [-0.05, 0) is 18.9 Å². The summed E-state index contributed by atoms with van der Waals surface area (Å²) in [4.78, 5) is 11.4. The second-order valence-corrected chi connectivity index (χ2v) is 4.66. The number of aliphatic carboxylic acids is 1. The van der Waals surface area contributed by atoms with E-state index in [9.17, 15) is 9.90 Å². The van der Waals surface area contributed by atoms with Gasteiger partial charge in [-0.2, -0.15) is 0 Å². The Morgan fingerprint density at radius 1 is 1.39 bits per heavy atom. The number of rotatable bonds is 5.